The van der Waals surface area contributed by atoms with Gasteiger partial charge < -0.3 is 9.64 Å². The zero-order valence-electron chi connectivity index (χ0n) is 25.9. The standard InChI is InChI=1S/C35H63NO2/c1-5-9-12-14-16-18-20-22-29-36(30-23-21-19-17-15-13-10-6-2)34-27-25-33(26-28-34)35(37)38-31-32(8-4)24-11-7-3/h25-28,32H,5-24,29-31H2,1-4H3. The Morgan fingerprint density at radius 3 is 1.53 bits per heavy atom. The zero-order valence-corrected chi connectivity index (χ0v) is 25.9. The van der Waals surface area contributed by atoms with Gasteiger partial charge in [0.2, 0.25) is 0 Å². The lowest BCUT2D eigenvalue weighted by Crippen LogP contribution is -2.25. The van der Waals surface area contributed by atoms with Gasteiger partial charge in [0.05, 0.1) is 12.2 Å². The molecule has 38 heavy (non-hydrogen) atoms. The van der Waals surface area contributed by atoms with Gasteiger partial charge in [-0.1, -0.05) is 137 Å². The van der Waals surface area contributed by atoms with Crippen LogP contribution >= 0.6 is 0 Å². The Bertz CT molecular complexity index is 636. The molecule has 0 saturated carbocycles. The molecule has 0 N–H and O–H groups in total. The largest absolute Gasteiger partial charge is 0.462 e. The molecule has 0 heterocycles. The second kappa shape index (κ2) is 24.5. The van der Waals surface area contributed by atoms with Crippen LogP contribution in [0.1, 0.15) is 166 Å². The summed E-state index contributed by atoms with van der Waals surface area (Å²) in [6.07, 6.45) is 26.2. The molecule has 0 aliphatic carbocycles. The molecule has 3 nitrogen and oxygen atoms in total. The summed E-state index contributed by atoms with van der Waals surface area (Å²) in [6, 6.07) is 8.22. The number of anilines is 1. The van der Waals surface area contributed by atoms with Crippen LogP contribution in [0.15, 0.2) is 24.3 Å². The van der Waals surface area contributed by atoms with Gasteiger partial charge in [0, 0.05) is 18.8 Å². The van der Waals surface area contributed by atoms with Gasteiger partial charge in [-0.2, -0.15) is 0 Å². The Balaban J connectivity index is 2.55. The minimum atomic E-state index is -0.177. The lowest BCUT2D eigenvalue weighted by atomic mass is 10.0. The van der Waals surface area contributed by atoms with E-state index in [2.05, 4.69) is 44.7 Å². The van der Waals surface area contributed by atoms with Crippen molar-refractivity contribution in [3.8, 4) is 0 Å². The summed E-state index contributed by atoms with van der Waals surface area (Å²) < 4.78 is 5.68. The summed E-state index contributed by atoms with van der Waals surface area (Å²) in [5, 5.41) is 0. The van der Waals surface area contributed by atoms with Gasteiger partial charge in [0.15, 0.2) is 0 Å². The number of ether oxygens (including phenoxy) is 1. The SMILES string of the molecule is CCCCCCCCCCN(CCCCCCCCCC)c1ccc(C(=O)OCC(CC)CCCC)cc1. The van der Waals surface area contributed by atoms with Crippen molar-refractivity contribution in [1.29, 1.82) is 0 Å². The molecule has 0 fully saturated rings. The maximum atomic E-state index is 12.7. The molecule has 0 bridgehead atoms. The number of nitrogens with zero attached hydrogens (tertiary/aromatic N) is 1. The highest BCUT2D eigenvalue weighted by Gasteiger charge is 2.13. The Kier molecular flexibility index (Phi) is 22.3. The third-order valence-corrected chi connectivity index (χ3v) is 8.02. The van der Waals surface area contributed by atoms with E-state index in [0.717, 1.165) is 25.9 Å². The second-order valence-electron chi connectivity index (χ2n) is 11.5. The van der Waals surface area contributed by atoms with Gasteiger partial charge >= 0.3 is 5.97 Å². The lowest BCUT2D eigenvalue weighted by Gasteiger charge is -2.25. The van der Waals surface area contributed by atoms with E-state index in [1.165, 1.54) is 121 Å². The van der Waals surface area contributed by atoms with Crippen LogP contribution in [0.5, 0.6) is 0 Å². The highest BCUT2D eigenvalue weighted by Crippen LogP contribution is 2.20. The second-order valence-corrected chi connectivity index (χ2v) is 11.5. The fraction of sp³-hybridized carbons (Fsp3) is 0.800. The van der Waals surface area contributed by atoms with Crippen LogP contribution in [0.25, 0.3) is 0 Å². The Morgan fingerprint density at radius 1 is 0.632 bits per heavy atom. The Hall–Kier alpha value is -1.51. The molecule has 220 valence electrons. The average Bonchev–Trinajstić information content (AvgIpc) is 2.94. The number of rotatable bonds is 26. The van der Waals surface area contributed by atoms with E-state index in [1.54, 1.807) is 0 Å². The molecule has 1 aromatic carbocycles. The minimum Gasteiger partial charge on any atom is -0.462 e. The first-order valence-corrected chi connectivity index (χ1v) is 16.7. The van der Waals surface area contributed by atoms with Gasteiger partial charge in [-0.15, -0.1) is 0 Å². The van der Waals surface area contributed by atoms with Crippen LogP contribution in [0.4, 0.5) is 5.69 Å². The molecule has 0 aliphatic heterocycles. The van der Waals surface area contributed by atoms with Crippen LogP contribution in [0.3, 0.4) is 0 Å². The smallest absolute Gasteiger partial charge is 0.338 e. The first-order chi connectivity index (χ1) is 18.7. The number of hydrogen-bond acceptors (Lipinski definition) is 3. The number of unbranched alkanes of at least 4 members (excludes halogenated alkanes) is 15. The van der Waals surface area contributed by atoms with Crippen molar-refractivity contribution in [3.63, 3.8) is 0 Å². The molecule has 1 atom stereocenters. The molecule has 0 saturated heterocycles. The van der Waals surface area contributed by atoms with E-state index >= 15 is 0 Å². The average molecular weight is 530 g/mol. The van der Waals surface area contributed by atoms with Crippen molar-refractivity contribution in [2.75, 3.05) is 24.6 Å². The molecular formula is C35H63NO2. The molecule has 0 amide bonds. The Labute approximate surface area is 237 Å². The molecule has 1 rings (SSSR count). The topological polar surface area (TPSA) is 29.5 Å². The third-order valence-electron chi connectivity index (χ3n) is 8.02. The van der Waals surface area contributed by atoms with Crippen LogP contribution in [-0.2, 0) is 4.74 Å². The third kappa shape index (κ3) is 17.2. The molecule has 1 unspecified atom stereocenters. The number of esters is 1. The zero-order chi connectivity index (χ0) is 27.7. The maximum Gasteiger partial charge on any atom is 0.338 e. The van der Waals surface area contributed by atoms with Gasteiger partial charge in [0.1, 0.15) is 0 Å². The molecule has 0 spiro atoms. The first kappa shape index (κ1) is 34.5. The molecular weight excluding hydrogens is 466 g/mol. The fourth-order valence-corrected chi connectivity index (χ4v) is 5.23. The molecule has 0 aromatic heterocycles. The first-order valence-electron chi connectivity index (χ1n) is 16.7. The monoisotopic (exact) mass is 529 g/mol. The maximum absolute atomic E-state index is 12.7. The van der Waals surface area contributed by atoms with E-state index in [0.29, 0.717) is 18.1 Å². The van der Waals surface area contributed by atoms with Gasteiger partial charge in [0.25, 0.3) is 0 Å². The number of benzene rings is 1. The summed E-state index contributed by atoms with van der Waals surface area (Å²) in [5.74, 6) is 0.302. The highest BCUT2D eigenvalue weighted by atomic mass is 16.5. The van der Waals surface area contributed by atoms with E-state index < -0.39 is 0 Å². The van der Waals surface area contributed by atoms with Gasteiger partial charge in [-0.3, -0.25) is 0 Å². The molecule has 3 heteroatoms. The summed E-state index contributed by atoms with van der Waals surface area (Å²) in [4.78, 5) is 15.2. The van der Waals surface area contributed by atoms with Crippen molar-refractivity contribution in [3.05, 3.63) is 29.8 Å². The molecule has 0 radical (unpaired) electrons. The van der Waals surface area contributed by atoms with Crippen molar-refractivity contribution < 1.29 is 9.53 Å². The van der Waals surface area contributed by atoms with Crippen LogP contribution in [-0.4, -0.2) is 25.7 Å². The number of hydrogen-bond donors (Lipinski definition) is 0. The lowest BCUT2D eigenvalue weighted by molar-refractivity contribution is 0.0428. The van der Waals surface area contributed by atoms with Crippen molar-refractivity contribution in [2.24, 2.45) is 5.92 Å². The predicted octanol–water partition coefficient (Wildman–Crippen LogP) is 11.1. The van der Waals surface area contributed by atoms with Crippen molar-refractivity contribution >= 4 is 11.7 Å². The quantitative estimate of drug-likeness (QED) is 0.0882. The summed E-state index contributed by atoms with van der Waals surface area (Å²) in [7, 11) is 0. The summed E-state index contributed by atoms with van der Waals surface area (Å²) >= 11 is 0. The highest BCUT2D eigenvalue weighted by molar-refractivity contribution is 5.89. The van der Waals surface area contributed by atoms with Crippen molar-refractivity contribution in [1.82, 2.24) is 0 Å². The van der Waals surface area contributed by atoms with E-state index in [9.17, 15) is 4.79 Å². The van der Waals surface area contributed by atoms with Crippen molar-refractivity contribution in [2.45, 2.75) is 156 Å². The summed E-state index contributed by atoms with van der Waals surface area (Å²) in [6.45, 7) is 11.7. The van der Waals surface area contributed by atoms with Crippen LogP contribution in [0.2, 0.25) is 0 Å². The van der Waals surface area contributed by atoms with Gasteiger partial charge in [-0.05, 0) is 49.4 Å². The normalized spacial score (nSPS) is 12.0. The predicted molar refractivity (Wildman–Crippen MR) is 167 cm³/mol. The molecule has 0 aliphatic rings. The minimum absolute atomic E-state index is 0.177. The van der Waals surface area contributed by atoms with E-state index in [4.69, 9.17) is 4.74 Å². The van der Waals surface area contributed by atoms with Crippen LogP contribution < -0.4 is 4.90 Å². The molecule has 1 aromatic rings. The number of carbonyl (C=O) groups excluding carboxylic acids is 1. The summed E-state index contributed by atoms with van der Waals surface area (Å²) in [5.41, 5.74) is 1.93. The Morgan fingerprint density at radius 2 is 1.08 bits per heavy atom. The van der Waals surface area contributed by atoms with Crippen LogP contribution in [0, 0.1) is 5.92 Å². The van der Waals surface area contributed by atoms with E-state index in [1.807, 2.05) is 12.1 Å². The number of carbonyl (C=O) groups is 1. The fourth-order valence-electron chi connectivity index (χ4n) is 5.23. The van der Waals surface area contributed by atoms with Gasteiger partial charge in [-0.25, -0.2) is 4.79 Å². The van der Waals surface area contributed by atoms with E-state index in [-0.39, 0.29) is 5.97 Å².